The molecule has 23 heavy (non-hydrogen) atoms. The molecule has 0 aliphatic rings. The van der Waals surface area contributed by atoms with E-state index in [4.69, 9.17) is 17.3 Å². The quantitative estimate of drug-likeness (QED) is 0.579. The molecule has 8 heteroatoms. The zero-order valence-corrected chi connectivity index (χ0v) is 13.6. The SMILES string of the molecule is Cc1ncc(-c2nc(N)cnc2-c2cc(Cl)c3[nH]ncc3c2)s1. The van der Waals surface area contributed by atoms with Gasteiger partial charge in [-0.3, -0.25) is 10.1 Å². The summed E-state index contributed by atoms with van der Waals surface area (Å²) in [7, 11) is 0. The van der Waals surface area contributed by atoms with Crippen molar-refractivity contribution >= 4 is 39.7 Å². The Morgan fingerprint density at radius 3 is 2.78 bits per heavy atom. The number of aromatic nitrogens is 5. The first-order chi connectivity index (χ1) is 11.1. The first-order valence-corrected chi connectivity index (χ1v) is 7.99. The molecule has 114 valence electrons. The van der Waals surface area contributed by atoms with Crippen molar-refractivity contribution in [2.24, 2.45) is 0 Å². The lowest BCUT2D eigenvalue weighted by Gasteiger charge is -2.08. The number of hydrogen-bond donors (Lipinski definition) is 2. The number of rotatable bonds is 2. The lowest BCUT2D eigenvalue weighted by Crippen LogP contribution is -1.97. The molecule has 0 saturated heterocycles. The van der Waals surface area contributed by atoms with Gasteiger partial charge in [-0.2, -0.15) is 5.10 Å². The van der Waals surface area contributed by atoms with Gasteiger partial charge in [-0.1, -0.05) is 11.6 Å². The number of aryl methyl sites for hydroxylation is 1. The van der Waals surface area contributed by atoms with Crippen LogP contribution in [0.15, 0.2) is 30.7 Å². The number of halogens is 1. The first kappa shape index (κ1) is 14.1. The molecule has 0 aliphatic heterocycles. The number of nitrogens with one attached hydrogen (secondary N) is 1. The van der Waals surface area contributed by atoms with Crippen LogP contribution >= 0.6 is 22.9 Å². The van der Waals surface area contributed by atoms with Gasteiger partial charge in [0.25, 0.3) is 0 Å². The van der Waals surface area contributed by atoms with Crippen LogP contribution in [0.3, 0.4) is 0 Å². The Kier molecular flexibility index (Phi) is 3.24. The van der Waals surface area contributed by atoms with Crippen LogP contribution < -0.4 is 5.73 Å². The summed E-state index contributed by atoms with van der Waals surface area (Å²) in [6.45, 7) is 1.95. The molecule has 0 saturated carbocycles. The number of anilines is 1. The van der Waals surface area contributed by atoms with E-state index in [9.17, 15) is 0 Å². The summed E-state index contributed by atoms with van der Waals surface area (Å²) in [5, 5.41) is 9.36. The van der Waals surface area contributed by atoms with Gasteiger partial charge in [-0.15, -0.1) is 11.3 Å². The Hall–Kier alpha value is -2.51. The maximum absolute atomic E-state index is 6.33. The highest BCUT2D eigenvalue weighted by molar-refractivity contribution is 7.15. The molecule has 0 spiro atoms. The molecular formula is C15H11ClN6S. The zero-order chi connectivity index (χ0) is 16.0. The molecule has 1 aromatic carbocycles. The van der Waals surface area contributed by atoms with Gasteiger partial charge in [0, 0.05) is 17.1 Å². The van der Waals surface area contributed by atoms with E-state index in [2.05, 4.69) is 25.1 Å². The third-order valence-corrected chi connectivity index (χ3v) is 4.64. The number of thiazole rings is 1. The average Bonchev–Trinajstić information content (AvgIpc) is 3.16. The van der Waals surface area contributed by atoms with E-state index in [0.29, 0.717) is 22.2 Å². The fraction of sp³-hybridized carbons (Fsp3) is 0.0667. The summed E-state index contributed by atoms with van der Waals surface area (Å²) in [4.78, 5) is 14.1. The molecule has 6 nitrogen and oxygen atoms in total. The lowest BCUT2D eigenvalue weighted by molar-refractivity contribution is 1.12. The molecule has 0 aliphatic carbocycles. The zero-order valence-electron chi connectivity index (χ0n) is 12.0. The predicted octanol–water partition coefficient (Wildman–Crippen LogP) is 3.69. The van der Waals surface area contributed by atoms with Gasteiger partial charge in [0.2, 0.25) is 0 Å². The van der Waals surface area contributed by atoms with Crippen molar-refractivity contribution in [3.8, 4) is 21.8 Å². The van der Waals surface area contributed by atoms with Gasteiger partial charge in [0.05, 0.1) is 38.5 Å². The van der Waals surface area contributed by atoms with Crippen LogP contribution in [0, 0.1) is 6.92 Å². The van der Waals surface area contributed by atoms with Crippen LogP contribution in [0.5, 0.6) is 0 Å². The van der Waals surface area contributed by atoms with E-state index in [1.807, 2.05) is 19.1 Å². The average molecular weight is 343 g/mol. The number of fused-ring (bicyclic) bond motifs is 1. The van der Waals surface area contributed by atoms with E-state index in [1.165, 1.54) is 0 Å². The van der Waals surface area contributed by atoms with Crippen molar-refractivity contribution in [3.05, 3.63) is 40.8 Å². The molecule has 4 aromatic rings. The second kappa shape index (κ2) is 5.29. The second-order valence-corrected chi connectivity index (χ2v) is 6.67. The minimum absolute atomic E-state index is 0.366. The van der Waals surface area contributed by atoms with Crippen LogP contribution in [0.1, 0.15) is 5.01 Å². The standard InChI is InChI=1S/C15H11ClN6S/c1-7-18-5-11(23-7)15-14(19-6-12(17)21-15)8-2-9-4-20-22-13(9)10(16)3-8/h2-6H,1H3,(H2,17,21)(H,20,22). The summed E-state index contributed by atoms with van der Waals surface area (Å²) in [6.07, 6.45) is 5.05. The van der Waals surface area contributed by atoms with Gasteiger partial charge in [-0.25, -0.2) is 9.97 Å². The molecule has 3 N–H and O–H groups in total. The molecule has 0 bridgehead atoms. The molecule has 3 aromatic heterocycles. The van der Waals surface area contributed by atoms with Crippen LogP contribution in [-0.4, -0.2) is 25.1 Å². The highest BCUT2D eigenvalue weighted by Gasteiger charge is 2.16. The van der Waals surface area contributed by atoms with Crippen molar-refractivity contribution in [2.45, 2.75) is 6.92 Å². The Bertz CT molecular complexity index is 1020. The van der Waals surface area contributed by atoms with Crippen LogP contribution in [0.2, 0.25) is 5.02 Å². The summed E-state index contributed by atoms with van der Waals surface area (Å²) in [6, 6.07) is 3.82. The summed E-state index contributed by atoms with van der Waals surface area (Å²) < 4.78 is 0. The third kappa shape index (κ3) is 2.43. The van der Waals surface area contributed by atoms with Crippen molar-refractivity contribution < 1.29 is 0 Å². The monoisotopic (exact) mass is 342 g/mol. The van der Waals surface area contributed by atoms with Crippen molar-refractivity contribution in [1.29, 1.82) is 0 Å². The molecule has 0 fully saturated rings. The third-order valence-electron chi connectivity index (χ3n) is 3.42. The Morgan fingerprint density at radius 1 is 1.13 bits per heavy atom. The number of aromatic amines is 1. The molecule has 0 atom stereocenters. The number of nitrogen functional groups attached to an aromatic ring is 1. The number of benzene rings is 1. The summed E-state index contributed by atoms with van der Waals surface area (Å²) in [5.41, 5.74) is 8.90. The smallest absolute Gasteiger partial charge is 0.142 e. The molecular weight excluding hydrogens is 332 g/mol. The van der Waals surface area contributed by atoms with Crippen molar-refractivity contribution in [2.75, 3.05) is 5.73 Å². The fourth-order valence-corrected chi connectivity index (χ4v) is 3.44. The Labute approximate surface area is 140 Å². The summed E-state index contributed by atoms with van der Waals surface area (Å²) in [5.74, 6) is 0.366. The van der Waals surface area contributed by atoms with Crippen molar-refractivity contribution in [3.63, 3.8) is 0 Å². The number of hydrogen-bond acceptors (Lipinski definition) is 6. The number of nitrogens with zero attached hydrogens (tertiary/aromatic N) is 4. The van der Waals surface area contributed by atoms with Gasteiger partial charge in [0.15, 0.2) is 0 Å². The van der Waals surface area contributed by atoms with Crippen LogP contribution in [0.4, 0.5) is 5.82 Å². The number of nitrogens with two attached hydrogens (primary N) is 1. The Balaban J connectivity index is 1.97. The second-order valence-electron chi connectivity index (χ2n) is 5.03. The highest BCUT2D eigenvalue weighted by atomic mass is 35.5. The molecule has 3 heterocycles. The maximum atomic E-state index is 6.33. The highest BCUT2D eigenvalue weighted by Crippen LogP contribution is 2.35. The van der Waals surface area contributed by atoms with E-state index >= 15 is 0 Å². The van der Waals surface area contributed by atoms with E-state index in [0.717, 1.165) is 26.4 Å². The van der Waals surface area contributed by atoms with Crippen LogP contribution in [0.25, 0.3) is 32.7 Å². The first-order valence-electron chi connectivity index (χ1n) is 6.80. The van der Waals surface area contributed by atoms with Gasteiger partial charge >= 0.3 is 0 Å². The van der Waals surface area contributed by atoms with E-state index in [1.54, 1.807) is 29.9 Å². The molecule has 0 amide bonds. The van der Waals surface area contributed by atoms with Crippen LogP contribution in [-0.2, 0) is 0 Å². The van der Waals surface area contributed by atoms with E-state index in [-0.39, 0.29) is 0 Å². The number of H-pyrrole nitrogens is 1. The summed E-state index contributed by atoms with van der Waals surface area (Å²) >= 11 is 7.88. The molecule has 0 radical (unpaired) electrons. The van der Waals surface area contributed by atoms with Gasteiger partial charge in [-0.05, 0) is 19.1 Å². The minimum atomic E-state index is 0.366. The van der Waals surface area contributed by atoms with Gasteiger partial charge < -0.3 is 5.73 Å². The fourth-order valence-electron chi connectivity index (χ4n) is 2.41. The molecule has 0 unspecified atom stereocenters. The largest absolute Gasteiger partial charge is 0.382 e. The lowest BCUT2D eigenvalue weighted by atomic mass is 10.1. The maximum Gasteiger partial charge on any atom is 0.142 e. The predicted molar refractivity (Wildman–Crippen MR) is 92.4 cm³/mol. The normalized spacial score (nSPS) is 11.2. The Morgan fingerprint density at radius 2 is 2.00 bits per heavy atom. The van der Waals surface area contributed by atoms with Gasteiger partial charge in [0.1, 0.15) is 11.5 Å². The van der Waals surface area contributed by atoms with Crippen molar-refractivity contribution in [1.82, 2.24) is 25.1 Å². The minimum Gasteiger partial charge on any atom is -0.382 e. The topological polar surface area (TPSA) is 93.4 Å². The van der Waals surface area contributed by atoms with E-state index < -0.39 is 0 Å². The molecule has 4 rings (SSSR count).